The van der Waals surface area contributed by atoms with Gasteiger partial charge in [-0.3, -0.25) is 0 Å². The van der Waals surface area contributed by atoms with Crippen LogP contribution in [-0.2, 0) is 0 Å². The average Bonchev–Trinajstić information content (AvgIpc) is 3.59. The lowest BCUT2D eigenvalue weighted by atomic mass is 9.95. The Morgan fingerprint density at radius 3 is 1.62 bits per heavy atom. The fraction of sp³-hybridized carbons (Fsp3) is 0. The number of nitrogens with zero attached hydrogens (tertiary/aromatic N) is 1. The largest absolute Gasteiger partial charge is 0.455 e. The molecule has 0 aliphatic rings. The molecule has 9 aromatic rings. The van der Waals surface area contributed by atoms with Crippen LogP contribution in [0.5, 0.6) is 0 Å². The van der Waals surface area contributed by atoms with Crippen molar-refractivity contribution >= 4 is 49.8 Å². The molecule has 0 fully saturated rings. The number of para-hydroxylation sites is 1. The smallest absolute Gasteiger partial charge is 0.143 e. The Hall–Kier alpha value is -6.38. The van der Waals surface area contributed by atoms with Crippen LogP contribution in [0.1, 0.15) is 6.85 Å². The molecule has 8 aromatic carbocycles. The highest BCUT2D eigenvalue weighted by Gasteiger charge is 2.16. The van der Waals surface area contributed by atoms with Crippen molar-refractivity contribution in [3.63, 3.8) is 0 Å². The molecule has 0 aliphatic carbocycles. The van der Waals surface area contributed by atoms with Crippen molar-refractivity contribution in [3.05, 3.63) is 188 Å². The summed E-state index contributed by atoms with van der Waals surface area (Å²) >= 11 is 0. The highest BCUT2D eigenvalue weighted by atomic mass is 16.3. The fourth-order valence-electron chi connectivity index (χ4n) is 6.63. The van der Waals surface area contributed by atoms with E-state index in [4.69, 9.17) is 11.3 Å². The van der Waals surface area contributed by atoms with Crippen LogP contribution in [0.25, 0.3) is 66.1 Å². The van der Waals surface area contributed by atoms with Gasteiger partial charge in [0.05, 0.1) is 6.85 Å². The van der Waals surface area contributed by atoms with Gasteiger partial charge in [0.15, 0.2) is 0 Å². The summed E-state index contributed by atoms with van der Waals surface area (Å²) in [5.74, 6) is 0. The van der Waals surface area contributed by atoms with Crippen molar-refractivity contribution in [2.75, 3.05) is 4.90 Å². The maximum absolute atomic E-state index is 8.69. The molecule has 0 N–H and O–H groups in total. The Morgan fingerprint density at radius 2 is 0.938 bits per heavy atom. The van der Waals surface area contributed by atoms with Crippen molar-refractivity contribution in [3.8, 4) is 33.4 Å². The first-order valence-corrected chi connectivity index (χ1v) is 15.9. The molecule has 1 heterocycles. The third-order valence-electron chi connectivity index (χ3n) is 8.95. The van der Waals surface area contributed by atoms with Crippen LogP contribution < -0.4 is 4.90 Å². The van der Waals surface area contributed by atoms with Gasteiger partial charge >= 0.3 is 0 Å². The summed E-state index contributed by atoms with van der Waals surface area (Å²) in [6, 6.07) is 52.0. The van der Waals surface area contributed by atoms with Gasteiger partial charge < -0.3 is 9.32 Å². The summed E-state index contributed by atoms with van der Waals surface area (Å²) in [5, 5.41) is 3.27. The number of rotatable bonds is 6. The second-order valence-corrected chi connectivity index (χ2v) is 11.8. The average molecular weight is 619 g/mol. The van der Waals surface area contributed by atoms with Crippen LogP contribution in [-0.4, -0.2) is 0 Å². The number of benzene rings is 8. The second kappa shape index (κ2) is 11.8. The number of hydrogen-bond donors (Lipinski definition) is 0. The van der Waals surface area contributed by atoms with Crippen LogP contribution in [0.4, 0.5) is 17.1 Å². The molecule has 0 unspecified atom stereocenters. The van der Waals surface area contributed by atoms with Gasteiger partial charge in [0.2, 0.25) is 0 Å². The van der Waals surface area contributed by atoms with Gasteiger partial charge in [-0.15, -0.1) is 0 Å². The zero-order valence-electron chi connectivity index (χ0n) is 30.9. The van der Waals surface area contributed by atoms with Gasteiger partial charge in [-0.1, -0.05) is 133 Å². The van der Waals surface area contributed by atoms with E-state index < -0.39 is 6.04 Å². The quantitative estimate of drug-likeness (QED) is 0.184. The molecule has 9 rings (SSSR count). The van der Waals surface area contributed by atoms with Crippen LogP contribution in [0.2, 0.25) is 0 Å². The van der Waals surface area contributed by atoms with E-state index in [1.165, 1.54) is 5.56 Å². The Bertz CT molecular complexity index is 2790. The molecule has 0 bridgehead atoms. The third kappa shape index (κ3) is 4.92. The van der Waals surface area contributed by atoms with E-state index >= 15 is 0 Å². The van der Waals surface area contributed by atoms with Gasteiger partial charge in [-0.2, -0.15) is 0 Å². The van der Waals surface area contributed by atoms with Crippen LogP contribution in [0.3, 0.4) is 0 Å². The van der Waals surface area contributed by atoms with Crippen LogP contribution in [0, 0.1) is 0 Å². The number of furan rings is 1. The second-order valence-electron chi connectivity index (χ2n) is 11.8. The van der Waals surface area contributed by atoms with Gasteiger partial charge in [-0.25, -0.2) is 0 Å². The van der Waals surface area contributed by atoms with E-state index in [0.717, 1.165) is 55.3 Å². The molecule has 0 atom stereocenters. The first-order chi connectivity index (χ1) is 25.9. The van der Waals surface area contributed by atoms with E-state index in [9.17, 15) is 0 Å². The maximum Gasteiger partial charge on any atom is 0.143 e. The third-order valence-corrected chi connectivity index (χ3v) is 8.95. The van der Waals surface area contributed by atoms with Gasteiger partial charge in [0, 0.05) is 33.2 Å². The summed E-state index contributed by atoms with van der Waals surface area (Å²) in [6.45, 7) is 0. The molecule has 48 heavy (non-hydrogen) atoms. The number of anilines is 3. The SMILES string of the molecule is [2H]c1c([2H])c([2H])c(-c2cc3c4ccc(-c5ccc(N(c6ccccc6)c6ccc(-c7ccccc7)cc6)cc5)cc4oc3c3ccccc23)c([2H])c1[2H]. The number of hydrogen-bond acceptors (Lipinski definition) is 2. The molecular weight excluding hydrogens is 583 g/mol. The summed E-state index contributed by atoms with van der Waals surface area (Å²) < 4.78 is 48.6. The van der Waals surface area contributed by atoms with Gasteiger partial charge in [0.1, 0.15) is 11.2 Å². The normalized spacial score (nSPS) is 12.8. The van der Waals surface area contributed by atoms with E-state index in [2.05, 4.69) is 95.9 Å². The first-order valence-electron chi connectivity index (χ1n) is 18.4. The minimum atomic E-state index is -0.409. The molecule has 0 spiro atoms. The fourth-order valence-corrected chi connectivity index (χ4v) is 6.63. The van der Waals surface area contributed by atoms with E-state index in [-0.39, 0.29) is 29.7 Å². The minimum Gasteiger partial charge on any atom is -0.455 e. The van der Waals surface area contributed by atoms with Crippen molar-refractivity contribution in [1.82, 2.24) is 0 Å². The Balaban J connectivity index is 1.11. The van der Waals surface area contributed by atoms with Crippen molar-refractivity contribution < 1.29 is 11.3 Å². The van der Waals surface area contributed by atoms with E-state index in [0.29, 0.717) is 16.7 Å². The van der Waals surface area contributed by atoms with Crippen molar-refractivity contribution in [1.29, 1.82) is 0 Å². The lowest BCUT2D eigenvalue weighted by molar-refractivity contribution is 0.673. The zero-order valence-corrected chi connectivity index (χ0v) is 25.9. The lowest BCUT2D eigenvalue weighted by Crippen LogP contribution is -2.09. The predicted molar refractivity (Wildman–Crippen MR) is 202 cm³/mol. The molecule has 0 amide bonds. The lowest BCUT2D eigenvalue weighted by Gasteiger charge is -2.26. The topological polar surface area (TPSA) is 16.4 Å². The molecule has 0 aliphatic heterocycles. The minimum absolute atomic E-state index is 0.178. The summed E-state index contributed by atoms with van der Waals surface area (Å²) in [6.07, 6.45) is 0. The molecule has 0 saturated carbocycles. The Labute approximate surface area is 286 Å². The monoisotopic (exact) mass is 618 g/mol. The van der Waals surface area contributed by atoms with Gasteiger partial charge in [-0.05, 0) is 93.4 Å². The van der Waals surface area contributed by atoms with Crippen LogP contribution in [0.15, 0.2) is 192 Å². The molecule has 1 aromatic heterocycles. The summed E-state index contributed by atoms with van der Waals surface area (Å²) in [4.78, 5) is 2.25. The van der Waals surface area contributed by atoms with Gasteiger partial charge in [0.25, 0.3) is 0 Å². The highest BCUT2D eigenvalue weighted by molar-refractivity contribution is 6.19. The van der Waals surface area contributed by atoms with Crippen molar-refractivity contribution in [2.45, 2.75) is 0 Å². The number of fused-ring (bicyclic) bond motifs is 5. The highest BCUT2D eigenvalue weighted by Crippen LogP contribution is 2.41. The molecular formula is C46H31NO. The maximum atomic E-state index is 8.69. The van der Waals surface area contributed by atoms with Crippen LogP contribution >= 0.6 is 0 Å². The summed E-state index contributed by atoms with van der Waals surface area (Å²) in [7, 11) is 0. The zero-order chi connectivity index (χ0) is 36.2. The van der Waals surface area contributed by atoms with Crippen molar-refractivity contribution in [2.24, 2.45) is 0 Å². The molecule has 0 saturated heterocycles. The first kappa shape index (κ1) is 23.0. The molecule has 2 heteroatoms. The molecule has 2 nitrogen and oxygen atoms in total. The predicted octanol–water partition coefficient (Wildman–Crippen LogP) is 13.2. The molecule has 226 valence electrons. The Kier molecular flexibility index (Phi) is 5.64. The standard InChI is InChI=1S/C46H31NO/c1-4-12-32(13-5-1)33-20-25-38(26-21-33)47(37-16-8-3-9-17-37)39-27-22-34(23-28-39)36-24-29-41-44-31-43(35-14-6-2-7-15-35)40-18-10-11-19-42(40)46(44)48-45(41)30-36/h1-31H/i2D,6D,7D,14D,15D. The molecule has 0 radical (unpaired) electrons. The van der Waals surface area contributed by atoms with E-state index in [1.807, 2.05) is 66.7 Å². The van der Waals surface area contributed by atoms with E-state index in [1.54, 1.807) is 0 Å². The Morgan fingerprint density at radius 1 is 0.396 bits per heavy atom. The summed E-state index contributed by atoms with van der Waals surface area (Å²) in [5.41, 5.74) is 9.67.